The molecule has 1 aromatic heterocycles. The molecule has 0 bridgehead atoms. The number of hydrogen-bond acceptors (Lipinski definition) is 1. The lowest BCUT2D eigenvalue weighted by Crippen LogP contribution is -1.99. The van der Waals surface area contributed by atoms with Crippen LogP contribution in [-0.4, -0.2) is 9.55 Å². The molecule has 9 aromatic rings. The fourth-order valence-corrected chi connectivity index (χ4v) is 6.95. The van der Waals surface area contributed by atoms with Crippen LogP contribution in [-0.2, 0) is 0 Å². The second kappa shape index (κ2) is 9.40. The molecule has 0 saturated carbocycles. The number of hydrogen-bond donors (Lipinski definition) is 0. The average Bonchev–Trinajstić information content (AvgIpc) is 3.46. The van der Waals surface area contributed by atoms with Gasteiger partial charge in [0.1, 0.15) is 5.82 Å². The van der Waals surface area contributed by atoms with Gasteiger partial charge in [-0.25, -0.2) is 4.98 Å². The molecule has 0 N–H and O–H groups in total. The molecule has 0 aliphatic heterocycles. The van der Waals surface area contributed by atoms with Gasteiger partial charge in [-0.1, -0.05) is 127 Å². The summed E-state index contributed by atoms with van der Waals surface area (Å²) in [5, 5.41) is 9.91. The molecule has 1 heterocycles. The smallest absolute Gasteiger partial charge is 0.146 e. The number of fused-ring (bicyclic) bond motifs is 6. The minimum Gasteiger partial charge on any atom is -0.292 e. The number of imidazole rings is 1. The van der Waals surface area contributed by atoms with Crippen LogP contribution < -0.4 is 0 Å². The highest BCUT2D eigenvalue weighted by Gasteiger charge is 2.23. The molecule has 0 fully saturated rings. The molecule has 0 radical (unpaired) electrons. The van der Waals surface area contributed by atoms with Crippen molar-refractivity contribution < 1.29 is 0 Å². The molecule has 0 unspecified atom stereocenters. The van der Waals surface area contributed by atoms with E-state index >= 15 is 0 Å². The monoisotopic (exact) mass is 546 g/mol. The van der Waals surface area contributed by atoms with Crippen LogP contribution in [0.3, 0.4) is 0 Å². The van der Waals surface area contributed by atoms with Gasteiger partial charge >= 0.3 is 0 Å². The average molecular weight is 547 g/mol. The van der Waals surface area contributed by atoms with Gasteiger partial charge in [-0.2, -0.15) is 0 Å². The Labute approximate surface area is 249 Å². The van der Waals surface area contributed by atoms with Crippen LogP contribution >= 0.6 is 0 Å². The van der Waals surface area contributed by atoms with E-state index < -0.39 is 0 Å². The van der Waals surface area contributed by atoms with Crippen molar-refractivity contribution in [3.8, 4) is 28.2 Å². The summed E-state index contributed by atoms with van der Waals surface area (Å²) in [5.74, 6) is 0.953. The van der Waals surface area contributed by atoms with E-state index in [9.17, 15) is 0 Å². The molecule has 2 heteroatoms. The lowest BCUT2D eigenvalue weighted by atomic mass is 9.85. The van der Waals surface area contributed by atoms with Gasteiger partial charge in [-0.05, 0) is 84.5 Å². The molecule has 43 heavy (non-hydrogen) atoms. The van der Waals surface area contributed by atoms with Crippen molar-refractivity contribution in [2.45, 2.75) is 0 Å². The normalized spacial score (nSPS) is 11.7. The van der Waals surface area contributed by atoms with Gasteiger partial charge < -0.3 is 0 Å². The molecule has 0 aliphatic carbocycles. The van der Waals surface area contributed by atoms with Crippen molar-refractivity contribution >= 4 is 54.1 Å². The Morgan fingerprint density at radius 2 is 0.907 bits per heavy atom. The van der Waals surface area contributed by atoms with Crippen molar-refractivity contribution in [3.63, 3.8) is 0 Å². The molecule has 200 valence electrons. The molecule has 0 spiro atoms. The molecule has 0 amide bonds. The van der Waals surface area contributed by atoms with E-state index in [2.05, 4.69) is 162 Å². The van der Waals surface area contributed by atoms with Crippen LogP contribution in [0.25, 0.3) is 82.3 Å². The van der Waals surface area contributed by atoms with E-state index in [0.717, 1.165) is 28.1 Å². The first-order valence-electron chi connectivity index (χ1n) is 14.7. The first-order chi connectivity index (χ1) is 21.4. The van der Waals surface area contributed by atoms with E-state index in [0.29, 0.717) is 0 Å². The Bertz CT molecular complexity index is 2450. The third-order valence-electron chi connectivity index (χ3n) is 8.77. The van der Waals surface area contributed by atoms with Crippen LogP contribution in [0.15, 0.2) is 158 Å². The summed E-state index contributed by atoms with van der Waals surface area (Å²) in [6, 6.07) is 56.6. The second-order valence-electron chi connectivity index (χ2n) is 11.1. The van der Waals surface area contributed by atoms with Crippen LogP contribution in [0, 0.1) is 0 Å². The fourth-order valence-electron chi connectivity index (χ4n) is 6.95. The third kappa shape index (κ3) is 3.57. The molecular weight excluding hydrogens is 520 g/mol. The number of aromatic nitrogens is 2. The highest BCUT2D eigenvalue weighted by atomic mass is 15.1. The summed E-state index contributed by atoms with van der Waals surface area (Å²) in [7, 11) is 0. The fraction of sp³-hybridized carbons (Fsp3) is 0. The van der Waals surface area contributed by atoms with Crippen molar-refractivity contribution in [1.29, 1.82) is 0 Å². The van der Waals surface area contributed by atoms with Crippen LogP contribution in [0.5, 0.6) is 0 Å². The van der Waals surface area contributed by atoms with Gasteiger partial charge in [0, 0.05) is 11.3 Å². The summed E-state index contributed by atoms with van der Waals surface area (Å²) < 4.78 is 2.31. The summed E-state index contributed by atoms with van der Waals surface area (Å²) in [5.41, 5.74) is 6.86. The first-order valence-corrected chi connectivity index (χ1v) is 14.7. The molecule has 2 nitrogen and oxygen atoms in total. The summed E-state index contributed by atoms with van der Waals surface area (Å²) in [6.07, 6.45) is 0. The van der Waals surface area contributed by atoms with E-state index in [1.807, 2.05) is 0 Å². The number of para-hydroxylation sites is 3. The zero-order valence-electron chi connectivity index (χ0n) is 23.4. The van der Waals surface area contributed by atoms with E-state index in [1.165, 1.54) is 54.2 Å². The third-order valence-corrected chi connectivity index (χ3v) is 8.77. The van der Waals surface area contributed by atoms with Gasteiger partial charge in [0.2, 0.25) is 0 Å². The molecule has 0 atom stereocenters. The highest BCUT2D eigenvalue weighted by Crippen LogP contribution is 2.47. The van der Waals surface area contributed by atoms with Gasteiger partial charge in [-0.3, -0.25) is 4.57 Å². The van der Waals surface area contributed by atoms with Crippen molar-refractivity contribution in [3.05, 3.63) is 158 Å². The van der Waals surface area contributed by atoms with E-state index in [-0.39, 0.29) is 0 Å². The largest absolute Gasteiger partial charge is 0.292 e. The number of rotatable bonds is 3. The van der Waals surface area contributed by atoms with Crippen molar-refractivity contribution in [1.82, 2.24) is 9.55 Å². The van der Waals surface area contributed by atoms with Gasteiger partial charge in [0.25, 0.3) is 0 Å². The Morgan fingerprint density at radius 1 is 0.395 bits per heavy atom. The maximum Gasteiger partial charge on any atom is 0.146 e. The standard InChI is InChI=1S/C41H26N2/c1-2-15-28(16-3-1)43-38-25-13-12-24-37(38)42-41(43)40-34-22-10-8-20-32(34)39(33-21-9-11-23-35(33)40)36-26-27-14-4-5-17-29(27)30-18-6-7-19-31(30)36/h1-26H. The van der Waals surface area contributed by atoms with Crippen LogP contribution in [0.1, 0.15) is 0 Å². The minimum absolute atomic E-state index is 0.953. The van der Waals surface area contributed by atoms with Crippen molar-refractivity contribution in [2.24, 2.45) is 0 Å². The molecule has 0 aliphatic rings. The Hall–Kier alpha value is -5.73. The predicted molar refractivity (Wildman–Crippen MR) is 182 cm³/mol. The van der Waals surface area contributed by atoms with Crippen LogP contribution in [0.2, 0.25) is 0 Å². The number of nitrogens with zero attached hydrogens (tertiary/aromatic N) is 2. The molecular formula is C41H26N2. The Morgan fingerprint density at radius 3 is 1.60 bits per heavy atom. The molecule has 9 rings (SSSR count). The predicted octanol–water partition coefficient (Wildman–Crippen LogP) is 11.0. The topological polar surface area (TPSA) is 17.8 Å². The maximum atomic E-state index is 5.32. The lowest BCUT2D eigenvalue weighted by Gasteiger charge is -2.20. The Balaban J connectivity index is 1.47. The van der Waals surface area contributed by atoms with Gasteiger partial charge in [0.15, 0.2) is 0 Å². The van der Waals surface area contributed by atoms with E-state index in [1.54, 1.807) is 0 Å². The SMILES string of the molecule is c1ccc(-n2c(-c3c4ccccc4c(-c4cc5ccccc5c5ccccc45)c4ccccc34)nc3ccccc32)cc1. The number of benzene rings is 8. The Kier molecular flexibility index (Phi) is 5.23. The lowest BCUT2D eigenvalue weighted by molar-refractivity contribution is 1.11. The minimum atomic E-state index is 0.953. The molecule has 8 aromatic carbocycles. The quantitative estimate of drug-likeness (QED) is 0.159. The second-order valence-corrected chi connectivity index (χ2v) is 11.1. The highest BCUT2D eigenvalue weighted by molar-refractivity contribution is 6.25. The zero-order chi connectivity index (χ0) is 28.3. The van der Waals surface area contributed by atoms with Crippen molar-refractivity contribution in [2.75, 3.05) is 0 Å². The van der Waals surface area contributed by atoms with Gasteiger partial charge in [-0.15, -0.1) is 0 Å². The summed E-state index contributed by atoms with van der Waals surface area (Å²) in [4.78, 5) is 5.32. The summed E-state index contributed by atoms with van der Waals surface area (Å²) in [6.45, 7) is 0. The van der Waals surface area contributed by atoms with E-state index in [4.69, 9.17) is 4.98 Å². The zero-order valence-corrected chi connectivity index (χ0v) is 23.4. The maximum absolute atomic E-state index is 5.32. The summed E-state index contributed by atoms with van der Waals surface area (Å²) >= 11 is 0. The van der Waals surface area contributed by atoms with Gasteiger partial charge in [0.05, 0.1) is 11.0 Å². The van der Waals surface area contributed by atoms with Crippen LogP contribution in [0.4, 0.5) is 0 Å². The first kappa shape index (κ1) is 23.9. The molecule has 0 saturated heterocycles.